The first-order chi connectivity index (χ1) is 5.27. The van der Waals surface area contributed by atoms with E-state index in [1.165, 1.54) is 0 Å². The molecular formula is C8H7ClN2. The molecule has 0 aliphatic rings. The molecule has 2 nitrogen and oxygen atoms in total. The molecule has 0 aromatic carbocycles. The zero-order chi connectivity index (χ0) is 7.84. The summed E-state index contributed by atoms with van der Waals surface area (Å²) in [5.41, 5.74) is 2.01. The fourth-order valence-corrected chi connectivity index (χ4v) is 1.44. The molecule has 0 aliphatic carbocycles. The highest BCUT2D eigenvalue weighted by molar-refractivity contribution is 6.30. The average molecular weight is 167 g/mol. The van der Waals surface area contributed by atoms with Crippen LogP contribution in [0.25, 0.3) is 10.9 Å². The van der Waals surface area contributed by atoms with Crippen molar-refractivity contribution in [3.63, 3.8) is 0 Å². The lowest BCUT2D eigenvalue weighted by Crippen LogP contribution is -1.82. The molecule has 0 saturated heterocycles. The molecule has 0 bridgehead atoms. The summed E-state index contributed by atoms with van der Waals surface area (Å²) in [5, 5.41) is 1.66. The van der Waals surface area contributed by atoms with Crippen LogP contribution >= 0.6 is 11.6 Å². The molecule has 0 atom stereocenters. The van der Waals surface area contributed by atoms with Crippen LogP contribution in [0.3, 0.4) is 0 Å². The molecular weight excluding hydrogens is 160 g/mol. The molecule has 0 saturated carbocycles. The summed E-state index contributed by atoms with van der Waals surface area (Å²) in [6.45, 7) is 1.94. The Morgan fingerprint density at radius 1 is 1.55 bits per heavy atom. The summed E-state index contributed by atoms with van der Waals surface area (Å²) in [4.78, 5) is 7.20. The molecule has 3 heteroatoms. The van der Waals surface area contributed by atoms with Crippen molar-refractivity contribution in [1.82, 2.24) is 9.97 Å². The van der Waals surface area contributed by atoms with Gasteiger partial charge in [0.05, 0.1) is 11.2 Å². The number of hydrogen-bond acceptors (Lipinski definition) is 1. The summed E-state index contributed by atoms with van der Waals surface area (Å²) in [7, 11) is 0. The first-order valence-electron chi connectivity index (χ1n) is 3.37. The van der Waals surface area contributed by atoms with Gasteiger partial charge in [0.2, 0.25) is 0 Å². The van der Waals surface area contributed by atoms with Crippen LogP contribution in [-0.4, -0.2) is 9.97 Å². The quantitative estimate of drug-likeness (QED) is 0.599. The zero-order valence-electron chi connectivity index (χ0n) is 6.06. The lowest BCUT2D eigenvalue weighted by molar-refractivity contribution is 1.22. The fourth-order valence-electron chi connectivity index (χ4n) is 1.19. The fraction of sp³-hybridized carbons (Fsp3) is 0.125. The predicted molar refractivity (Wildman–Crippen MR) is 45.8 cm³/mol. The van der Waals surface area contributed by atoms with Crippen molar-refractivity contribution >= 4 is 22.5 Å². The van der Waals surface area contributed by atoms with Gasteiger partial charge in [-0.1, -0.05) is 11.6 Å². The van der Waals surface area contributed by atoms with Gasteiger partial charge in [-0.25, -0.2) is 4.98 Å². The number of nitrogens with zero attached hydrogens (tertiary/aromatic N) is 1. The van der Waals surface area contributed by atoms with E-state index >= 15 is 0 Å². The highest BCUT2D eigenvalue weighted by Crippen LogP contribution is 2.18. The molecule has 1 N–H and O–H groups in total. The summed E-state index contributed by atoms with van der Waals surface area (Å²) >= 11 is 5.76. The van der Waals surface area contributed by atoms with Crippen LogP contribution in [0.15, 0.2) is 18.3 Å². The van der Waals surface area contributed by atoms with E-state index in [0.29, 0.717) is 5.15 Å². The first kappa shape index (κ1) is 6.68. The average Bonchev–Trinajstić information content (AvgIpc) is 2.34. The van der Waals surface area contributed by atoms with Crippen LogP contribution in [-0.2, 0) is 0 Å². The van der Waals surface area contributed by atoms with Crippen LogP contribution in [0.1, 0.15) is 5.69 Å². The van der Waals surface area contributed by atoms with Crippen LogP contribution in [0.2, 0.25) is 5.15 Å². The van der Waals surface area contributed by atoms with Gasteiger partial charge in [0.1, 0.15) is 5.15 Å². The van der Waals surface area contributed by atoms with Gasteiger partial charge in [-0.15, -0.1) is 0 Å². The number of H-pyrrole nitrogens is 1. The van der Waals surface area contributed by atoms with E-state index in [2.05, 4.69) is 9.97 Å². The number of pyridine rings is 1. The van der Waals surface area contributed by atoms with Crippen molar-refractivity contribution in [3.05, 3.63) is 29.2 Å². The maximum Gasteiger partial charge on any atom is 0.130 e. The van der Waals surface area contributed by atoms with Crippen molar-refractivity contribution < 1.29 is 0 Å². The molecule has 2 heterocycles. The Morgan fingerprint density at radius 2 is 2.36 bits per heavy atom. The number of rotatable bonds is 0. The highest BCUT2D eigenvalue weighted by Gasteiger charge is 2.00. The maximum atomic E-state index is 5.76. The molecule has 2 aromatic heterocycles. The van der Waals surface area contributed by atoms with Crippen molar-refractivity contribution in [2.24, 2.45) is 0 Å². The van der Waals surface area contributed by atoms with E-state index in [0.717, 1.165) is 16.6 Å². The van der Waals surface area contributed by atoms with Gasteiger partial charge in [-0.2, -0.15) is 0 Å². The van der Waals surface area contributed by atoms with Crippen molar-refractivity contribution in [2.45, 2.75) is 6.92 Å². The Hall–Kier alpha value is -1.02. The van der Waals surface area contributed by atoms with Gasteiger partial charge >= 0.3 is 0 Å². The lowest BCUT2D eigenvalue weighted by Gasteiger charge is -1.95. The number of aryl methyl sites for hydroxylation is 1. The Kier molecular flexibility index (Phi) is 1.36. The third kappa shape index (κ3) is 0.994. The zero-order valence-corrected chi connectivity index (χ0v) is 6.81. The Balaban J connectivity index is 2.91. The summed E-state index contributed by atoms with van der Waals surface area (Å²) < 4.78 is 0. The second-order valence-corrected chi connectivity index (χ2v) is 2.86. The molecule has 0 spiro atoms. The standard InChI is InChI=1S/C8H7ClN2/c1-5-8-6(2-3-10-8)4-7(9)11-5/h2-4,10H,1H3. The molecule has 0 amide bonds. The largest absolute Gasteiger partial charge is 0.360 e. The van der Waals surface area contributed by atoms with Gasteiger partial charge in [-0.05, 0) is 19.1 Å². The second-order valence-electron chi connectivity index (χ2n) is 2.47. The molecule has 2 aromatic rings. The highest BCUT2D eigenvalue weighted by atomic mass is 35.5. The van der Waals surface area contributed by atoms with Crippen molar-refractivity contribution in [1.29, 1.82) is 0 Å². The van der Waals surface area contributed by atoms with Crippen LogP contribution in [0.4, 0.5) is 0 Å². The number of aromatic amines is 1. The minimum atomic E-state index is 0.551. The lowest BCUT2D eigenvalue weighted by atomic mass is 10.3. The second kappa shape index (κ2) is 2.24. The molecule has 11 heavy (non-hydrogen) atoms. The van der Waals surface area contributed by atoms with Crippen LogP contribution in [0, 0.1) is 6.92 Å². The number of fused-ring (bicyclic) bond motifs is 1. The van der Waals surface area contributed by atoms with Crippen molar-refractivity contribution in [2.75, 3.05) is 0 Å². The Labute approximate surface area is 69.2 Å². The smallest absolute Gasteiger partial charge is 0.130 e. The van der Waals surface area contributed by atoms with Gasteiger partial charge in [-0.3, -0.25) is 0 Å². The van der Waals surface area contributed by atoms with Gasteiger partial charge < -0.3 is 4.98 Å². The normalized spacial score (nSPS) is 10.7. The molecule has 0 aliphatic heterocycles. The van der Waals surface area contributed by atoms with E-state index in [1.807, 2.05) is 25.3 Å². The van der Waals surface area contributed by atoms with E-state index in [1.54, 1.807) is 0 Å². The van der Waals surface area contributed by atoms with Gasteiger partial charge in [0.15, 0.2) is 0 Å². The minimum absolute atomic E-state index is 0.551. The third-order valence-corrected chi connectivity index (χ3v) is 1.88. The molecule has 56 valence electrons. The summed E-state index contributed by atoms with van der Waals surface area (Å²) in [6.07, 6.45) is 1.88. The summed E-state index contributed by atoms with van der Waals surface area (Å²) in [6, 6.07) is 3.83. The number of aromatic nitrogens is 2. The SMILES string of the molecule is Cc1nc(Cl)cc2cc[nH]c12. The Bertz CT molecular complexity index is 392. The topological polar surface area (TPSA) is 28.7 Å². The molecule has 0 unspecified atom stereocenters. The van der Waals surface area contributed by atoms with Crippen molar-refractivity contribution in [3.8, 4) is 0 Å². The number of hydrogen-bond donors (Lipinski definition) is 1. The van der Waals surface area contributed by atoms with Gasteiger partial charge in [0.25, 0.3) is 0 Å². The number of halogens is 1. The number of nitrogens with one attached hydrogen (secondary N) is 1. The molecule has 2 rings (SSSR count). The summed E-state index contributed by atoms with van der Waals surface area (Å²) in [5.74, 6) is 0. The molecule has 0 radical (unpaired) electrons. The third-order valence-electron chi connectivity index (χ3n) is 1.69. The van der Waals surface area contributed by atoms with E-state index < -0.39 is 0 Å². The van der Waals surface area contributed by atoms with Gasteiger partial charge in [0, 0.05) is 11.6 Å². The molecule has 0 fully saturated rings. The van der Waals surface area contributed by atoms with Crippen LogP contribution < -0.4 is 0 Å². The Morgan fingerprint density at radius 3 is 3.18 bits per heavy atom. The first-order valence-corrected chi connectivity index (χ1v) is 3.75. The maximum absolute atomic E-state index is 5.76. The van der Waals surface area contributed by atoms with E-state index in [4.69, 9.17) is 11.6 Å². The van der Waals surface area contributed by atoms with E-state index in [9.17, 15) is 0 Å². The van der Waals surface area contributed by atoms with Crippen LogP contribution in [0.5, 0.6) is 0 Å². The predicted octanol–water partition coefficient (Wildman–Crippen LogP) is 2.52. The van der Waals surface area contributed by atoms with E-state index in [-0.39, 0.29) is 0 Å². The monoisotopic (exact) mass is 166 g/mol. The minimum Gasteiger partial charge on any atom is -0.360 e.